The van der Waals surface area contributed by atoms with Crippen LogP contribution in [0.5, 0.6) is 5.88 Å². The van der Waals surface area contributed by atoms with Gasteiger partial charge in [0, 0.05) is 42.7 Å². The number of unbranched alkanes of at least 4 members (excludes halogenated alkanes) is 1. The SMILES string of the molecule is CCCCc1cc2ccccc2c(OCC[N+](C)(C)CC2(CN)C(N)OC2N2CCC(F)(F)c3c(C)cccc3C2)n1. The number of hydrogen-bond acceptors (Lipinski definition) is 6. The molecule has 3 heterocycles. The number of alkyl halides is 2. The Balaban J connectivity index is 1.30. The highest BCUT2D eigenvalue weighted by molar-refractivity contribution is 5.87. The third-order valence-corrected chi connectivity index (χ3v) is 9.06. The van der Waals surface area contributed by atoms with Crippen LogP contribution < -0.4 is 16.2 Å². The average molecular weight is 583 g/mol. The molecule has 42 heavy (non-hydrogen) atoms. The molecule has 228 valence electrons. The molecule has 2 aliphatic rings. The van der Waals surface area contributed by atoms with Gasteiger partial charge in [-0.15, -0.1) is 0 Å². The first-order chi connectivity index (χ1) is 20.0. The van der Waals surface area contributed by atoms with E-state index in [1.165, 1.54) is 0 Å². The number of halogens is 2. The fourth-order valence-electron chi connectivity index (χ4n) is 6.75. The number of hydrogen-bond donors (Lipinski definition) is 2. The predicted octanol–water partition coefficient (Wildman–Crippen LogP) is 4.92. The van der Waals surface area contributed by atoms with Crippen molar-refractivity contribution in [1.29, 1.82) is 0 Å². The van der Waals surface area contributed by atoms with Gasteiger partial charge in [0.15, 0.2) is 0 Å². The van der Waals surface area contributed by atoms with E-state index >= 15 is 8.78 Å². The third-order valence-electron chi connectivity index (χ3n) is 9.06. The number of rotatable bonds is 11. The summed E-state index contributed by atoms with van der Waals surface area (Å²) in [5, 5.41) is 2.13. The van der Waals surface area contributed by atoms with Crippen LogP contribution in [-0.4, -0.2) is 73.7 Å². The number of pyridine rings is 1. The molecular formula is C33H46F2N5O2+. The highest BCUT2D eigenvalue weighted by Gasteiger charge is 2.60. The molecule has 1 fully saturated rings. The number of likely N-dealkylation sites (N-methyl/N-ethyl adjacent to an activating group) is 1. The largest absolute Gasteiger partial charge is 0.471 e. The number of nitrogens with two attached hydrogens (primary N) is 2. The summed E-state index contributed by atoms with van der Waals surface area (Å²) in [5.41, 5.74) is 14.8. The van der Waals surface area contributed by atoms with Crippen LogP contribution >= 0.6 is 0 Å². The van der Waals surface area contributed by atoms with Gasteiger partial charge in [-0.25, -0.2) is 13.8 Å². The number of ether oxygens (including phenoxy) is 2. The van der Waals surface area contributed by atoms with Gasteiger partial charge in [-0.1, -0.05) is 49.7 Å². The molecule has 0 spiro atoms. The van der Waals surface area contributed by atoms with Crippen molar-refractivity contribution in [3.63, 3.8) is 0 Å². The van der Waals surface area contributed by atoms with Crippen LogP contribution in [0.2, 0.25) is 0 Å². The van der Waals surface area contributed by atoms with Gasteiger partial charge in [-0.2, -0.15) is 0 Å². The molecule has 0 aliphatic carbocycles. The molecule has 3 aromatic rings. The predicted molar refractivity (Wildman–Crippen MR) is 162 cm³/mol. The molecule has 7 nitrogen and oxygen atoms in total. The van der Waals surface area contributed by atoms with Crippen LogP contribution in [0.4, 0.5) is 8.78 Å². The first-order valence-corrected chi connectivity index (χ1v) is 15.1. The fourth-order valence-corrected chi connectivity index (χ4v) is 6.75. The van der Waals surface area contributed by atoms with E-state index in [0.717, 1.165) is 35.7 Å². The van der Waals surface area contributed by atoms with Crippen molar-refractivity contribution in [3.05, 3.63) is 70.9 Å². The minimum absolute atomic E-state index is 0.141. The van der Waals surface area contributed by atoms with Crippen LogP contribution in [0.25, 0.3) is 10.8 Å². The summed E-state index contributed by atoms with van der Waals surface area (Å²) in [6.07, 6.45) is 1.82. The summed E-state index contributed by atoms with van der Waals surface area (Å²) >= 11 is 0. The normalized spacial score (nSPS) is 24.2. The third kappa shape index (κ3) is 6.03. The standard InChI is InChI=1S/C33H46F2N5O2/c1-5-6-13-26-19-24-11-7-8-14-27(24)29(38-26)41-18-17-40(3,4)22-32(21-36)30(37)42-31(32)39-16-15-33(34,35)28-23(2)10-9-12-25(28)20-39/h7-12,14,19,30-31H,5-6,13,15-18,20-22,36-37H2,1-4H3/q+1. The van der Waals surface area contributed by atoms with Gasteiger partial charge in [-0.3, -0.25) is 4.90 Å². The maximum atomic E-state index is 15.2. The summed E-state index contributed by atoms with van der Waals surface area (Å²) in [6, 6.07) is 15.7. The van der Waals surface area contributed by atoms with Gasteiger partial charge in [0.25, 0.3) is 5.92 Å². The number of aryl methyl sites for hydroxylation is 2. The summed E-state index contributed by atoms with van der Waals surface area (Å²) in [6.45, 7) is 6.57. The Morgan fingerprint density at radius 1 is 1.17 bits per heavy atom. The lowest BCUT2D eigenvalue weighted by Gasteiger charge is -2.58. The molecule has 1 saturated heterocycles. The van der Waals surface area contributed by atoms with Gasteiger partial charge in [0.1, 0.15) is 31.0 Å². The van der Waals surface area contributed by atoms with Crippen molar-refractivity contribution >= 4 is 10.8 Å². The van der Waals surface area contributed by atoms with Crippen molar-refractivity contribution in [2.45, 2.75) is 64.5 Å². The van der Waals surface area contributed by atoms with Crippen LogP contribution in [-0.2, 0) is 23.6 Å². The van der Waals surface area contributed by atoms with Crippen LogP contribution in [0.3, 0.4) is 0 Å². The minimum Gasteiger partial charge on any atom is -0.471 e. The second-order valence-corrected chi connectivity index (χ2v) is 12.8. The van der Waals surface area contributed by atoms with Crippen molar-refractivity contribution in [2.75, 3.05) is 46.9 Å². The number of aromatic nitrogens is 1. The van der Waals surface area contributed by atoms with Crippen LogP contribution in [0, 0.1) is 12.3 Å². The maximum Gasteiger partial charge on any atom is 0.275 e. The topological polar surface area (TPSA) is 86.6 Å². The lowest BCUT2D eigenvalue weighted by atomic mass is 9.77. The molecule has 3 unspecified atom stereocenters. The molecule has 0 radical (unpaired) electrons. The van der Waals surface area contributed by atoms with E-state index in [1.54, 1.807) is 19.1 Å². The number of fused-ring (bicyclic) bond motifs is 2. The zero-order valence-electron chi connectivity index (χ0n) is 25.4. The Kier molecular flexibility index (Phi) is 8.88. The summed E-state index contributed by atoms with van der Waals surface area (Å²) in [5.74, 6) is -2.24. The highest BCUT2D eigenvalue weighted by atomic mass is 19.3. The van der Waals surface area contributed by atoms with E-state index in [0.29, 0.717) is 54.3 Å². The summed E-state index contributed by atoms with van der Waals surface area (Å²) in [4.78, 5) is 6.85. The van der Waals surface area contributed by atoms with Crippen LogP contribution in [0.1, 0.15) is 48.6 Å². The van der Waals surface area contributed by atoms with Crippen molar-refractivity contribution < 1.29 is 22.7 Å². The van der Waals surface area contributed by atoms with Crippen molar-refractivity contribution in [3.8, 4) is 5.88 Å². The molecule has 2 aromatic carbocycles. The summed E-state index contributed by atoms with van der Waals surface area (Å²) < 4.78 is 43.4. The zero-order valence-corrected chi connectivity index (χ0v) is 25.4. The molecule has 0 bridgehead atoms. The molecule has 1 aromatic heterocycles. The van der Waals surface area contributed by atoms with E-state index < -0.39 is 23.8 Å². The van der Waals surface area contributed by atoms with E-state index in [2.05, 4.69) is 33.2 Å². The number of benzene rings is 2. The van der Waals surface area contributed by atoms with Gasteiger partial charge in [-0.05, 0) is 48.4 Å². The first kappa shape index (κ1) is 30.8. The lowest BCUT2D eigenvalue weighted by Crippen LogP contribution is -2.76. The Morgan fingerprint density at radius 3 is 2.69 bits per heavy atom. The fraction of sp³-hybridized carbons (Fsp3) is 0.545. The van der Waals surface area contributed by atoms with Gasteiger partial charge in [0.05, 0.1) is 20.6 Å². The highest BCUT2D eigenvalue weighted by Crippen LogP contribution is 2.46. The average Bonchev–Trinajstić information content (AvgIpc) is 3.09. The Labute approximate surface area is 248 Å². The van der Waals surface area contributed by atoms with Crippen molar-refractivity contribution in [1.82, 2.24) is 9.88 Å². The molecule has 2 aliphatic heterocycles. The van der Waals surface area contributed by atoms with E-state index in [9.17, 15) is 0 Å². The second-order valence-electron chi connectivity index (χ2n) is 12.8. The molecule has 3 atom stereocenters. The minimum atomic E-state index is -2.90. The molecule has 0 amide bonds. The number of nitrogens with zero attached hydrogens (tertiary/aromatic N) is 3. The van der Waals surface area contributed by atoms with E-state index in [-0.39, 0.29) is 18.5 Å². The van der Waals surface area contributed by atoms with E-state index in [4.69, 9.17) is 25.9 Å². The first-order valence-electron chi connectivity index (χ1n) is 15.1. The molecule has 4 N–H and O–H groups in total. The van der Waals surface area contributed by atoms with Gasteiger partial charge in [0.2, 0.25) is 5.88 Å². The second kappa shape index (κ2) is 12.1. The Hall–Kier alpha value is -2.69. The zero-order chi connectivity index (χ0) is 30.1. The lowest BCUT2D eigenvalue weighted by molar-refractivity contribution is -0.900. The molecule has 5 rings (SSSR count). The van der Waals surface area contributed by atoms with Gasteiger partial charge >= 0.3 is 0 Å². The summed E-state index contributed by atoms with van der Waals surface area (Å²) in [7, 11) is 4.25. The molecule has 0 saturated carbocycles. The maximum absolute atomic E-state index is 15.2. The number of quaternary nitrogens is 1. The van der Waals surface area contributed by atoms with Crippen molar-refractivity contribution in [2.24, 2.45) is 16.9 Å². The van der Waals surface area contributed by atoms with Crippen LogP contribution in [0.15, 0.2) is 48.5 Å². The molecule has 9 heteroatoms. The Bertz CT molecular complexity index is 1400. The smallest absolute Gasteiger partial charge is 0.275 e. The van der Waals surface area contributed by atoms with Gasteiger partial charge < -0.3 is 25.4 Å². The quantitative estimate of drug-likeness (QED) is 0.312. The Morgan fingerprint density at radius 2 is 1.95 bits per heavy atom. The molecular weight excluding hydrogens is 536 g/mol. The van der Waals surface area contributed by atoms with E-state index in [1.807, 2.05) is 29.2 Å². The monoisotopic (exact) mass is 582 g/mol.